The first-order valence-corrected chi connectivity index (χ1v) is 10.2. The van der Waals surface area contributed by atoms with E-state index in [9.17, 15) is 9.59 Å². The number of morpholine rings is 1. The highest BCUT2D eigenvalue weighted by atomic mass is 16.6. The number of rotatable bonds is 5. The molecule has 3 rings (SSSR count). The normalized spacial score (nSPS) is 21.6. The largest absolute Gasteiger partial charge is 0.453 e. The number of amides is 1. The van der Waals surface area contributed by atoms with Gasteiger partial charge in [-0.2, -0.15) is 0 Å². The maximum absolute atomic E-state index is 13.4. The van der Waals surface area contributed by atoms with Crippen molar-refractivity contribution < 1.29 is 19.1 Å². The van der Waals surface area contributed by atoms with Crippen LogP contribution in [0.2, 0.25) is 0 Å². The second-order valence-corrected chi connectivity index (χ2v) is 8.39. The summed E-state index contributed by atoms with van der Waals surface area (Å²) in [5, 5.41) is 0. The van der Waals surface area contributed by atoms with E-state index in [0.29, 0.717) is 12.8 Å². The number of esters is 1. The molecule has 1 amide bonds. The van der Waals surface area contributed by atoms with Crippen molar-refractivity contribution in [1.82, 2.24) is 4.90 Å². The van der Waals surface area contributed by atoms with Crippen molar-refractivity contribution >= 4 is 12.1 Å². The molecule has 0 saturated carbocycles. The van der Waals surface area contributed by atoms with Crippen LogP contribution in [0.3, 0.4) is 0 Å². The number of cyclic esters (lactones) is 1. The average molecular weight is 408 g/mol. The first kappa shape index (κ1) is 21.6. The van der Waals surface area contributed by atoms with Gasteiger partial charge in [0.1, 0.15) is 17.7 Å². The third-order valence-corrected chi connectivity index (χ3v) is 4.96. The van der Waals surface area contributed by atoms with E-state index in [1.54, 1.807) is 11.0 Å². The van der Waals surface area contributed by atoms with Crippen molar-refractivity contribution in [2.45, 2.75) is 57.4 Å². The summed E-state index contributed by atoms with van der Waals surface area (Å²) in [5.74, 6) is -0.427. The van der Waals surface area contributed by atoms with Gasteiger partial charge in [0, 0.05) is 0 Å². The van der Waals surface area contributed by atoms with Crippen LogP contribution < -0.4 is 0 Å². The Kier molecular flexibility index (Phi) is 6.60. The van der Waals surface area contributed by atoms with Gasteiger partial charge in [-0.05, 0) is 44.7 Å². The number of carbonyl (C=O) groups is 2. The number of allylic oxidation sites excluding steroid dienone is 1. The summed E-state index contributed by atoms with van der Waals surface area (Å²) in [6.07, 6.45) is 1.58. The Balaban J connectivity index is 2.12. The third-order valence-electron chi connectivity index (χ3n) is 4.96. The number of hydrogen-bond acceptors (Lipinski definition) is 4. The van der Waals surface area contributed by atoms with E-state index in [1.165, 1.54) is 0 Å². The minimum Gasteiger partial charge on any atom is -0.453 e. The van der Waals surface area contributed by atoms with E-state index >= 15 is 0 Å². The quantitative estimate of drug-likeness (QED) is 0.478. The summed E-state index contributed by atoms with van der Waals surface area (Å²) in [6, 6.07) is 17.9. The fourth-order valence-corrected chi connectivity index (χ4v) is 3.69. The van der Waals surface area contributed by atoms with Gasteiger partial charge in [0.05, 0.1) is 0 Å². The van der Waals surface area contributed by atoms with Crippen LogP contribution in [0.1, 0.15) is 56.9 Å². The topological polar surface area (TPSA) is 55.8 Å². The Bertz CT molecular complexity index is 873. The molecule has 0 unspecified atom stereocenters. The Hall–Kier alpha value is -3.08. The molecule has 1 saturated heterocycles. The molecule has 3 atom stereocenters. The van der Waals surface area contributed by atoms with E-state index < -0.39 is 35.9 Å². The molecule has 1 fully saturated rings. The summed E-state index contributed by atoms with van der Waals surface area (Å²) in [6.45, 7) is 9.21. The van der Waals surface area contributed by atoms with Crippen LogP contribution in [0.4, 0.5) is 4.79 Å². The summed E-state index contributed by atoms with van der Waals surface area (Å²) in [7, 11) is 0. The molecule has 1 aliphatic heterocycles. The Morgan fingerprint density at radius 1 is 1.07 bits per heavy atom. The summed E-state index contributed by atoms with van der Waals surface area (Å²) >= 11 is 0. The molecule has 158 valence electrons. The second kappa shape index (κ2) is 9.16. The third kappa shape index (κ3) is 4.90. The highest BCUT2D eigenvalue weighted by Gasteiger charge is 2.48. The molecule has 2 aromatic carbocycles. The predicted octanol–water partition coefficient (Wildman–Crippen LogP) is 5.60. The minimum absolute atomic E-state index is 0.423. The molecule has 0 N–H and O–H groups in total. The minimum atomic E-state index is -0.747. The SMILES string of the molecule is C=CCC[C@@H]1C(=O)O[C@@H](c2ccccc2)[C@@H](c2ccccc2)N1C(=O)OC(C)(C)C. The first-order chi connectivity index (χ1) is 14.3. The number of benzene rings is 2. The van der Waals surface area contributed by atoms with Gasteiger partial charge in [-0.1, -0.05) is 66.7 Å². The van der Waals surface area contributed by atoms with Gasteiger partial charge in [0.2, 0.25) is 0 Å². The molecule has 0 spiro atoms. The molecule has 1 aliphatic rings. The molecule has 0 radical (unpaired) electrons. The van der Waals surface area contributed by atoms with Gasteiger partial charge < -0.3 is 9.47 Å². The van der Waals surface area contributed by atoms with Gasteiger partial charge in [0.25, 0.3) is 0 Å². The van der Waals surface area contributed by atoms with E-state index in [4.69, 9.17) is 9.47 Å². The molecule has 2 aromatic rings. The fraction of sp³-hybridized carbons (Fsp3) is 0.360. The molecule has 0 aliphatic carbocycles. The van der Waals surface area contributed by atoms with Crippen LogP contribution in [0.25, 0.3) is 0 Å². The lowest BCUT2D eigenvalue weighted by Crippen LogP contribution is -2.55. The first-order valence-electron chi connectivity index (χ1n) is 10.2. The monoisotopic (exact) mass is 407 g/mol. The standard InChI is InChI=1S/C25H29NO4/c1-5-6-17-20-23(27)29-22(19-15-11-8-12-16-19)21(18-13-9-7-10-14-18)26(20)24(28)30-25(2,3)4/h5,7-16,20-22H,1,6,17H2,2-4H3/t20-,21-,22+/m1/s1. The van der Waals surface area contributed by atoms with Gasteiger partial charge in [-0.25, -0.2) is 9.59 Å². The van der Waals surface area contributed by atoms with Crippen molar-refractivity contribution in [1.29, 1.82) is 0 Å². The van der Waals surface area contributed by atoms with Crippen LogP contribution in [0, 0.1) is 0 Å². The van der Waals surface area contributed by atoms with E-state index in [2.05, 4.69) is 6.58 Å². The van der Waals surface area contributed by atoms with Crippen LogP contribution in [-0.2, 0) is 14.3 Å². The van der Waals surface area contributed by atoms with Crippen LogP contribution in [0.5, 0.6) is 0 Å². The fourth-order valence-electron chi connectivity index (χ4n) is 3.69. The maximum Gasteiger partial charge on any atom is 0.411 e. The number of nitrogens with zero attached hydrogens (tertiary/aromatic N) is 1. The lowest BCUT2D eigenvalue weighted by molar-refractivity contribution is -0.174. The molecule has 5 nitrogen and oxygen atoms in total. The van der Waals surface area contributed by atoms with E-state index in [1.807, 2.05) is 81.4 Å². The molecule has 0 bridgehead atoms. The van der Waals surface area contributed by atoms with Crippen LogP contribution in [0.15, 0.2) is 73.3 Å². The lowest BCUT2D eigenvalue weighted by Gasteiger charge is -2.45. The molecule has 1 heterocycles. The lowest BCUT2D eigenvalue weighted by atomic mass is 9.90. The molecule has 30 heavy (non-hydrogen) atoms. The highest BCUT2D eigenvalue weighted by Crippen LogP contribution is 2.43. The summed E-state index contributed by atoms with van der Waals surface area (Å²) < 4.78 is 11.7. The number of carbonyl (C=O) groups excluding carboxylic acids is 2. The van der Waals surface area contributed by atoms with Gasteiger partial charge >= 0.3 is 12.1 Å². The van der Waals surface area contributed by atoms with Crippen molar-refractivity contribution in [3.63, 3.8) is 0 Å². The molecular weight excluding hydrogens is 378 g/mol. The number of ether oxygens (including phenoxy) is 2. The smallest absolute Gasteiger partial charge is 0.411 e. The zero-order valence-corrected chi connectivity index (χ0v) is 17.8. The second-order valence-electron chi connectivity index (χ2n) is 8.39. The van der Waals surface area contributed by atoms with Crippen molar-refractivity contribution in [3.8, 4) is 0 Å². The summed E-state index contributed by atoms with van der Waals surface area (Å²) in [5.41, 5.74) is 1.02. The molecular formula is C25H29NO4. The molecule has 5 heteroatoms. The predicted molar refractivity (Wildman–Crippen MR) is 116 cm³/mol. The maximum atomic E-state index is 13.4. The van der Waals surface area contributed by atoms with Gasteiger partial charge in [-0.3, -0.25) is 4.90 Å². The van der Waals surface area contributed by atoms with Crippen molar-refractivity contribution in [2.24, 2.45) is 0 Å². The van der Waals surface area contributed by atoms with E-state index in [-0.39, 0.29) is 0 Å². The van der Waals surface area contributed by atoms with E-state index in [0.717, 1.165) is 11.1 Å². The van der Waals surface area contributed by atoms with Crippen LogP contribution >= 0.6 is 0 Å². The average Bonchev–Trinajstić information content (AvgIpc) is 2.72. The zero-order chi connectivity index (χ0) is 21.7. The Morgan fingerprint density at radius 2 is 1.63 bits per heavy atom. The Morgan fingerprint density at radius 3 is 2.17 bits per heavy atom. The Labute approximate surface area is 178 Å². The van der Waals surface area contributed by atoms with Crippen LogP contribution in [-0.4, -0.2) is 28.6 Å². The molecule has 0 aromatic heterocycles. The highest BCUT2D eigenvalue weighted by molar-refractivity contribution is 5.83. The zero-order valence-electron chi connectivity index (χ0n) is 17.8. The van der Waals surface area contributed by atoms with Crippen molar-refractivity contribution in [3.05, 3.63) is 84.4 Å². The number of hydrogen-bond donors (Lipinski definition) is 0. The van der Waals surface area contributed by atoms with Gasteiger partial charge in [-0.15, -0.1) is 6.58 Å². The summed E-state index contributed by atoms with van der Waals surface area (Å²) in [4.78, 5) is 28.0. The van der Waals surface area contributed by atoms with Crippen molar-refractivity contribution in [2.75, 3.05) is 0 Å². The van der Waals surface area contributed by atoms with Gasteiger partial charge in [0.15, 0.2) is 6.10 Å².